The minimum atomic E-state index is -0.414. The number of fused-ring (bicyclic) bond motifs is 8. The van der Waals surface area contributed by atoms with Crippen LogP contribution in [0, 0.1) is 11.6 Å². The van der Waals surface area contributed by atoms with Crippen molar-refractivity contribution in [1.29, 1.82) is 0 Å². The summed E-state index contributed by atoms with van der Waals surface area (Å²) in [6.07, 6.45) is 6.48. The molecule has 0 saturated heterocycles. The summed E-state index contributed by atoms with van der Waals surface area (Å²) in [6.45, 7) is 4.80. The Balaban J connectivity index is 1.26. The first-order valence-electron chi connectivity index (χ1n) is 16.6. The van der Waals surface area contributed by atoms with E-state index in [1.54, 1.807) is 24.3 Å². The molecular formula is C40H36F2N4O2. The molecule has 0 amide bonds. The Morgan fingerprint density at radius 1 is 0.667 bits per heavy atom. The summed E-state index contributed by atoms with van der Waals surface area (Å²) in [7, 11) is 0. The third-order valence-electron chi connectivity index (χ3n) is 8.46. The van der Waals surface area contributed by atoms with Crippen molar-refractivity contribution in [2.75, 3.05) is 13.2 Å². The van der Waals surface area contributed by atoms with E-state index in [2.05, 4.69) is 9.97 Å². The molecule has 0 fully saturated rings. The van der Waals surface area contributed by atoms with Crippen LogP contribution in [0.4, 0.5) is 8.78 Å². The lowest BCUT2D eigenvalue weighted by atomic mass is 10.1. The fourth-order valence-corrected chi connectivity index (χ4v) is 5.88. The maximum absolute atomic E-state index is 13.4. The van der Waals surface area contributed by atoms with Crippen molar-refractivity contribution in [3.8, 4) is 0 Å². The first-order valence-corrected chi connectivity index (χ1v) is 16.1. The van der Waals surface area contributed by atoms with Crippen LogP contribution in [0.15, 0.2) is 91.0 Å². The lowest BCUT2D eigenvalue weighted by Crippen LogP contribution is -2.12. The number of rotatable bonds is 10. The number of H-pyrrole nitrogens is 2. The molecule has 48 heavy (non-hydrogen) atoms. The largest absolute Gasteiger partial charge is 0.373 e. The number of hydrogen-bond acceptors (Lipinski definition) is 4. The Morgan fingerprint density at radius 2 is 1.25 bits per heavy atom. The van der Waals surface area contributed by atoms with Gasteiger partial charge in [-0.05, 0) is 123 Å². The molecule has 242 valence electrons. The molecule has 2 atom stereocenters. The van der Waals surface area contributed by atoms with Gasteiger partial charge in [0.05, 0.1) is 49.6 Å². The highest BCUT2D eigenvalue weighted by Gasteiger charge is 2.19. The molecule has 5 aromatic rings. The molecule has 0 aliphatic carbocycles. The highest BCUT2D eigenvalue weighted by Crippen LogP contribution is 2.30. The van der Waals surface area contributed by atoms with Crippen LogP contribution in [0.5, 0.6) is 0 Å². The summed E-state index contributed by atoms with van der Waals surface area (Å²) in [5.41, 5.74) is 9.75. The van der Waals surface area contributed by atoms with Crippen LogP contribution in [-0.4, -0.2) is 39.3 Å². The summed E-state index contributed by atoms with van der Waals surface area (Å²) in [5.74, 6) is -0.529. The average molecular weight is 644 g/mol. The van der Waals surface area contributed by atoms with Crippen molar-refractivity contribution in [3.63, 3.8) is 0 Å². The topological polar surface area (TPSA) is 75.8 Å². The van der Waals surface area contributed by atoms with Crippen LogP contribution < -0.4 is 0 Å². The summed E-state index contributed by atoms with van der Waals surface area (Å²) in [4.78, 5) is 16.7. The molecule has 2 aromatic carbocycles. The van der Waals surface area contributed by atoms with E-state index in [0.29, 0.717) is 48.9 Å². The van der Waals surface area contributed by atoms with E-state index in [1.807, 2.05) is 68.5 Å². The molecule has 2 aliphatic heterocycles. The van der Waals surface area contributed by atoms with Crippen LogP contribution in [0.2, 0.25) is 0 Å². The standard InChI is InChI=1S/C40H36F2N4O2/c1-25(47-17-15-27-3-7-29(41)8-4-27)37-21-35-20-33-12-11-31(43-33)19-32-13-14-34(44-32)23-39-38(22-36(46-39)24-40(37)45-35)26(2)48-18-16-28-5-9-30(42)10-6-28/h3-14,19-26,44-45H,15-18H2,1-2H3/i21D. The van der Waals surface area contributed by atoms with Gasteiger partial charge in [-0.1, -0.05) is 24.3 Å². The second-order valence-corrected chi connectivity index (χ2v) is 12.0. The fraction of sp³-hybridized carbons (Fsp3) is 0.200. The first-order chi connectivity index (χ1) is 23.8. The van der Waals surface area contributed by atoms with Gasteiger partial charge in [0, 0.05) is 33.2 Å². The molecule has 8 heteroatoms. The number of ether oxygens (including phenoxy) is 2. The van der Waals surface area contributed by atoms with Crippen molar-refractivity contribution in [2.24, 2.45) is 0 Å². The van der Waals surface area contributed by atoms with Gasteiger partial charge in [-0.3, -0.25) is 0 Å². The van der Waals surface area contributed by atoms with Crippen LogP contribution in [0.1, 0.15) is 60.8 Å². The molecular weight excluding hydrogens is 606 g/mol. The van der Waals surface area contributed by atoms with Gasteiger partial charge in [-0.2, -0.15) is 0 Å². The SMILES string of the molecule is [2H]c1c(C(C)OCCc2ccc(F)cc2)c2cc3nc(cc4ccc(cc5nc(cc1[nH]2)C=C5)[nH]4)C(C(C)OCCc1ccc(F)cc1)=C3. The second kappa shape index (κ2) is 13.9. The highest BCUT2D eigenvalue weighted by molar-refractivity contribution is 5.87. The van der Waals surface area contributed by atoms with Crippen molar-refractivity contribution < 1.29 is 19.6 Å². The summed E-state index contributed by atoms with van der Waals surface area (Å²) < 4.78 is 48.5. The fourth-order valence-electron chi connectivity index (χ4n) is 5.88. The summed E-state index contributed by atoms with van der Waals surface area (Å²) in [6, 6.07) is 25.0. The Bertz CT molecular complexity index is 2200. The molecule has 6 nitrogen and oxygen atoms in total. The van der Waals surface area contributed by atoms with E-state index in [1.165, 1.54) is 24.3 Å². The molecule has 0 radical (unpaired) electrons. The lowest BCUT2D eigenvalue weighted by molar-refractivity contribution is 0.0692. The Labute approximate surface area is 279 Å². The Hall–Kier alpha value is -5.18. The quantitative estimate of drug-likeness (QED) is 0.156. The molecule has 0 spiro atoms. The number of aromatic amines is 2. The number of halogens is 2. The van der Waals surface area contributed by atoms with Gasteiger partial charge >= 0.3 is 0 Å². The molecule has 2 aliphatic rings. The molecule has 5 heterocycles. The number of hydrogen-bond donors (Lipinski definition) is 2. The monoisotopic (exact) mass is 643 g/mol. The minimum absolute atomic E-state index is 0.258. The van der Waals surface area contributed by atoms with Crippen molar-refractivity contribution in [3.05, 3.63) is 142 Å². The van der Waals surface area contributed by atoms with E-state index < -0.39 is 6.10 Å². The predicted octanol–water partition coefficient (Wildman–Crippen LogP) is 9.27. The van der Waals surface area contributed by atoms with Gasteiger partial charge in [-0.25, -0.2) is 18.7 Å². The van der Waals surface area contributed by atoms with E-state index in [4.69, 9.17) is 19.4 Å². The van der Waals surface area contributed by atoms with Gasteiger partial charge < -0.3 is 19.4 Å². The maximum atomic E-state index is 13.4. The minimum Gasteiger partial charge on any atom is -0.373 e. The predicted molar refractivity (Wildman–Crippen MR) is 188 cm³/mol. The normalized spacial score (nSPS) is 14.1. The van der Waals surface area contributed by atoms with E-state index in [9.17, 15) is 10.2 Å². The highest BCUT2D eigenvalue weighted by atomic mass is 19.1. The summed E-state index contributed by atoms with van der Waals surface area (Å²) in [5, 5.41) is 0. The van der Waals surface area contributed by atoms with Crippen LogP contribution >= 0.6 is 0 Å². The van der Waals surface area contributed by atoms with Gasteiger partial charge in [0.1, 0.15) is 11.6 Å². The van der Waals surface area contributed by atoms with E-state index in [-0.39, 0.29) is 17.7 Å². The Kier molecular flexibility index (Phi) is 8.73. The van der Waals surface area contributed by atoms with Gasteiger partial charge in [0.15, 0.2) is 0 Å². The molecule has 3 aromatic heterocycles. The lowest BCUT2D eigenvalue weighted by Gasteiger charge is -2.14. The van der Waals surface area contributed by atoms with Crippen molar-refractivity contribution >= 4 is 45.9 Å². The molecule has 2 unspecified atom stereocenters. The molecule has 2 N–H and O–H groups in total. The van der Waals surface area contributed by atoms with Gasteiger partial charge in [0.2, 0.25) is 0 Å². The zero-order chi connectivity index (χ0) is 33.9. The first kappa shape index (κ1) is 30.2. The van der Waals surface area contributed by atoms with Crippen molar-refractivity contribution in [2.45, 2.75) is 38.9 Å². The molecule has 8 bridgehead atoms. The van der Waals surface area contributed by atoms with E-state index >= 15 is 0 Å². The number of aromatic nitrogens is 4. The molecule has 7 rings (SSSR count). The third-order valence-corrected chi connectivity index (χ3v) is 8.46. The average Bonchev–Trinajstić information content (AvgIpc) is 3.87. The number of benzene rings is 2. The molecule has 0 saturated carbocycles. The maximum Gasteiger partial charge on any atom is 0.123 e. The zero-order valence-electron chi connectivity index (χ0n) is 27.8. The Morgan fingerprint density at radius 3 is 1.90 bits per heavy atom. The second-order valence-electron chi connectivity index (χ2n) is 12.0. The third kappa shape index (κ3) is 7.51. The van der Waals surface area contributed by atoms with Crippen LogP contribution in [0.3, 0.4) is 0 Å². The zero-order valence-corrected chi connectivity index (χ0v) is 26.8. The number of nitrogens with zero attached hydrogens (tertiary/aromatic N) is 2. The van der Waals surface area contributed by atoms with Crippen LogP contribution in [0.25, 0.3) is 45.9 Å². The van der Waals surface area contributed by atoms with Crippen LogP contribution in [-0.2, 0) is 22.3 Å². The number of nitrogens with one attached hydrogen (secondary N) is 2. The van der Waals surface area contributed by atoms with Crippen molar-refractivity contribution in [1.82, 2.24) is 19.9 Å². The van der Waals surface area contributed by atoms with Gasteiger partial charge in [0.25, 0.3) is 0 Å². The van der Waals surface area contributed by atoms with E-state index in [0.717, 1.165) is 50.3 Å². The smallest absolute Gasteiger partial charge is 0.123 e. The summed E-state index contributed by atoms with van der Waals surface area (Å²) >= 11 is 0. The van der Waals surface area contributed by atoms with Gasteiger partial charge in [-0.15, -0.1) is 0 Å².